The number of nitrogens with one attached hydrogen (secondary N) is 1. The molecule has 114 valence electrons. The lowest BCUT2D eigenvalue weighted by Gasteiger charge is -2.42. The molecule has 1 heterocycles. The zero-order valence-electron chi connectivity index (χ0n) is 12.1. The van der Waals surface area contributed by atoms with E-state index in [1.165, 1.54) is 38.2 Å². The van der Waals surface area contributed by atoms with Crippen molar-refractivity contribution in [1.29, 1.82) is 0 Å². The number of hydrogen-bond donors (Lipinski definition) is 2. The molecule has 1 aliphatic heterocycles. The van der Waals surface area contributed by atoms with Gasteiger partial charge in [-0.2, -0.15) is 0 Å². The number of anilines is 2. The van der Waals surface area contributed by atoms with Crippen molar-refractivity contribution in [1.82, 2.24) is 0 Å². The van der Waals surface area contributed by atoms with Crippen LogP contribution in [0.4, 0.5) is 17.1 Å². The number of hydrogen-bond acceptors (Lipinski definition) is 5. The van der Waals surface area contributed by atoms with E-state index in [1.54, 1.807) is 6.07 Å². The summed E-state index contributed by atoms with van der Waals surface area (Å²) in [6.45, 7) is 1.99. The summed E-state index contributed by atoms with van der Waals surface area (Å²) < 4.78 is 0. The van der Waals surface area contributed by atoms with Gasteiger partial charge in [0.25, 0.3) is 5.69 Å². The van der Waals surface area contributed by atoms with Crippen LogP contribution in [-0.4, -0.2) is 18.0 Å². The third-order valence-electron chi connectivity index (χ3n) is 4.94. The fraction of sp³-hybridized carbons (Fsp3) is 0.600. The highest BCUT2D eigenvalue weighted by Crippen LogP contribution is 2.38. The Hall–Kier alpha value is -1.82. The van der Waals surface area contributed by atoms with Gasteiger partial charge in [-0.05, 0) is 30.7 Å². The molecule has 3 rings (SSSR count). The predicted molar refractivity (Wildman–Crippen MR) is 83.2 cm³/mol. The maximum atomic E-state index is 11.1. The van der Waals surface area contributed by atoms with E-state index in [4.69, 9.17) is 5.84 Å². The van der Waals surface area contributed by atoms with Gasteiger partial charge < -0.3 is 10.3 Å². The molecule has 2 atom stereocenters. The maximum absolute atomic E-state index is 11.1. The minimum Gasteiger partial charge on any atom is -0.371 e. The molecule has 0 spiro atoms. The van der Waals surface area contributed by atoms with E-state index in [9.17, 15) is 10.1 Å². The number of non-ortho nitro benzene ring substituents is 1. The smallest absolute Gasteiger partial charge is 0.273 e. The van der Waals surface area contributed by atoms with Crippen molar-refractivity contribution < 1.29 is 4.92 Å². The standard InChI is InChI=1S/C15H22N4O2/c16-17-13-7-14(9-15(8-13)19(20)21)18-6-5-11-3-1-2-4-12(11)10-18/h7-9,11-12,17H,1-6,10,16H2. The van der Waals surface area contributed by atoms with E-state index in [0.717, 1.165) is 30.6 Å². The number of nitro groups is 1. The molecule has 2 unspecified atom stereocenters. The molecule has 2 aliphatic rings. The first kappa shape index (κ1) is 14.1. The Morgan fingerprint density at radius 1 is 1.19 bits per heavy atom. The summed E-state index contributed by atoms with van der Waals surface area (Å²) in [5.41, 5.74) is 4.11. The van der Waals surface area contributed by atoms with Gasteiger partial charge in [0.15, 0.2) is 0 Å². The number of nitrogen functional groups attached to an aromatic ring is 1. The Balaban J connectivity index is 1.82. The Labute approximate surface area is 124 Å². The molecule has 1 aliphatic carbocycles. The monoisotopic (exact) mass is 290 g/mol. The largest absolute Gasteiger partial charge is 0.371 e. The highest BCUT2D eigenvalue weighted by molar-refractivity contribution is 5.64. The summed E-state index contributed by atoms with van der Waals surface area (Å²) >= 11 is 0. The number of benzene rings is 1. The zero-order valence-corrected chi connectivity index (χ0v) is 12.1. The van der Waals surface area contributed by atoms with E-state index < -0.39 is 0 Å². The van der Waals surface area contributed by atoms with Gasteiger partial charge in [0, 0.05) is 30.9 Å². The minimum absolute atomic E-state index is 0.0891. The number of fused-ring (bicyclic) bond motifs is 1. The SMILES string of the molecule is NNc1cc(N2CCC3CCCCC3C2)cc([N+](=O)[O-])c1. The van der Waals surface area contributed by atoms with Crippen LogP contribution in [0.25, 0.3) is 0 Å². The molecule has 1 saturated heterocycles. The molecule has 21 heavy (non-hydrogen) atoms. The fourth-order valence-electron chi connectivity index (χ4n) is 3.80. The van der Waals surface area contributed by atoms with Gasteiger partial charge in [0.05, 0.1) is 10.6 Å². The van der Waals surface area contributed by atoms with Crippen LogP contribution in [0.5, 0.6) is 0 Å². The van der Waals surface area contributed by atoms with Gasteiger partial charge >= 0.3 is 0 Å². The number of nitrogens with two attached hydrogens (primary N) is 1. The van der Waals surface area contributed by atoms with Crippen LogP contribution in [-0.2, 0) is 0 Å². The molecule has 6 heteroatoms. The Morgan fingerprint density at radius 2 is 1.95 bits per heavy atom. The molecule has 6 nitrogen and oxygen atoms in total. The first-order valence-electron chi connectivity index (χ1n) is 7.68. The van der Waals surface area contributed by atoms with Crippen molar-refractivity contribution in [3.8, 4) is 0 Å². The van der Waals surface area contributed by atoms with Crippen LogP contribution in [0.1, 0.15) is 32.1 Å². The third-order valence-corrected chi connectivity index (χ3v) is 4.94. The number of nitrogens with zero attached hydrogens (tertiary/aromatic N) is 2. The van der Waals surface area contributed by atoms with Crippen molar-refractivity contribution >= 4 is 17.1 Å². The average molecular weight is 290 g/mol. The predicted octanol–water partition coefficient (Wildman–Crippen LogP) is 2.90. The van der Waals surface area contributed by atoms with E-state index in [0.29, 0.717) is 5.69 Å². The lowest BCUT2D eigenvalue weighted by molar-refractivity contribution is -0.384. The van der Waals surface area contributed by atoms with Crippen molar-refractivity contribution in [2.75, 3.05) is 23.4 Å². The normalized spacial score (nSPS) is 25.3. The molecule has 1 saturated carbocycles. The van der Waals surface area contributed by atoms with Gasteiger partial charge in [-0.1, -0.05) is 19.3 Å². The van der Waals surface area contributed by atoms with Crippen LogP contribution >= 0.6 is 0 Å². The van der Waals surface area contributed by atoms with E-state index in [-0.39, 0.29) is 10.6 Å². The van der Waals surface area contributed by atoms with Gasteiger partial charge in [-0.15, -0.1) is 0 Å². The molecule has 3 N–H and O–H groups in total. The van der Waals surface area contributed by atoms with Crippen molar-refractivity contribution in [3.63, 3.8) is 0 Å². The molecule has 0 bridgehead atoms. The highest BCUT2D eigenvalue weighted by Gasteiger charge is 2.31. The molecule has 0 aromatic heterocycles. The Morgan fingerprint density at radius 3 is 2.67 bits per heavy atom. The fourth-order valence-corrected chi connectivity index (χ4v) is 3.80. The number of nitro benzene ring substituents is 1. The molecule has 2 fully saturated rings. The van der Waals surface area contributed by atoms with Crippen LogP contribution in [0.2, 0.25) is 0 Å². The summed E-state index contributed by atoms with van der Waals surface area (Å²) in [5, 5.41) is 11.1. The van der Waals surface area contributed by atoms with Gasteiger partial charge in [0.1, 0.15) is 0 Å². The zero-order chi connectivity index (χ0) is 14.8. The second-order valence-corrected chi connectivity index (χ2v) is 6.18. The highest BCUT2D eigenvalue weighted by atomic mass is 16.6. The first-order chi connectivity index (χ1) is 10.2. The topological polar surface area (TPSA) is 84.4 Å². The number of hydrazine groups is 1. The third kappa shape index (κ3) is 2.95. The Bertz CT molecular complexity index is 534. The van der Waals surface area contributed by atoms with E-state index >= 15 is 0 Å². The molecular weight excluding hydrogens is 268 g/mol. The summed E-state index contributed by atoms with van der Waals surface area (Å²) in [6.07, 6.45) is 6.51. The second-order valence-electron chi connectivity index (χ2n) is 6.18. The lowest BCUT2D eigenvalue weighted by Crippen LogP contribution is -2.41. The van der Waals surface area contributed by atoms with E-state index in [2.05, 4.69) is 10.3 Å². The average Bonchev–Trinajstić information content (AvgIpc) is 2.53. The number of rotatable bonds is 3. The van der Waals surface area contributed by atoms with Crippen molar-refractivity contribution in [2.24, 2.45) is 17.7 Å². The minimum atomic E-state index is -0.363. The van der Waals surface area contributed by atoms with Gasteiger partial charge in [-0.25, -0.2) is 0 Å². The molecule has 1 aromatic rings. The van der Waals surface area contributed by atoms with E-state index in [1.807, 2.05) is 6.07 Å². The summed E-state index contributed by atoms with van der Waals surface area (Å²) in [4.78, 5) is 13.0. The lowest BCUT2D eigenvalue weighted by atomic mass is 9.75. The van der Waals surface area contributed by atoms with Crippen molar-refractivity contribution in [3.05, 3.63) is 28.3 Å². The first-order valence-corrected chi connectivity index (χ1v) is 7.68. The van der Waals surface area contributed by atoms with Crippen LogP contribution < -0.4 is 16.2 Å². The molecule has 1 aromatic carbocycles. The van der Waals surface area contributed by atoms with Crippen LogP contribution in [0.15, 0.2) is 18.2 Å². The van der Waals surface area contributed by atoms with Crippen LogP contribution in [0.3, 0.4) is 0 Å². The Kier molecular flexibility index (Phi) is 3.96. The van der Waals surface area contributed by atoms with Gasteiger partial charge in [-0.3, -0.25) is 16.0 Å². The molecular formula is C15H22N4O2. The second kappa shape index (κ2) is 5.89. The van der Waals surface area contributed by atoms with Crippen molar-refractivity contribution in [2.45, 2.75) is 32.1 Å². The molecule has 0 amide bonds. The summed E-state index contributed by atoms with van der Waals surface area (Å²) in [6, 6.07) is 5.02. The number of piperidine rings is 1. The maximum Gasteiger partial charge on any atom is 0.273 e. The quantitative estimate of drug-likeness (QED) is 0.508. The van der Waals surface area contributed by atoms with Crippen LogP contribution in [0, 0.1) is 22.0 Å². The molecule has 0 radical (unpaired) electrons. The summed E-state index contributed by atoms with van der Waals surface area (Å²) in [5.74, 6) is 7.02. The summed E-state index contributed by atoms with van der Waals surface area (Å²) in [7, 11) is 0. The van der Waals surface area contributed by atoms with Gasteiger partial charge in [0.2, 0.25) is 0 Å².